The number of amides is 1. The highest BCUT2D eigenvalue weighted by Crippen LogP contribution is 2.13. The van der Waals surface area contributed by atoms with E-state index in [-0.39, 0.29) is 5.91 Å². The summed E-state index contributed by atoms with van der Waals surface area (Å²) in [7, 11) is 0. The van der Waals surface area contributed by atoms with Gasteiger partial charge in [0.25, 0.3) is 5.91 Å². The third-order valence-corrected chi connectivity index (χ3v) is 3.43. The van der Waals surface area contributed by atoms with Gasteiger partial charge in [0.2, 0.25) is 5.95 Å². The number of likely N-dealkylation sites (N-methyl/N-ethyl adjacent to an activating group) is 1. The number of piperazine rings is 1. The fourth-order valence-corrected chi connectivity index (χ4v) is 2.37. The van der Waals surface area contributed by atoms with Crippen molar-refractivity contribution in [3.8, 4) is 0 Å². The summed E-state index contributed by atoms with van der Waals surface area (Å²) in [5.41, 5.74) is 0.375. The van der Waals surface area contributed by atoms with Crippen molar-refractivity contribution in [2.45, 2.75) is 19.9 Å². The molecule has 1 amide bonds. The lowest BCUT2D eigenvalue weighted by molar-refractivity contribution is 0.0527. The van der Waals surface area contributed by atoms with E-state index < -0.39 is 5.95 Å². The molecule has 98 valence electrons. The lowest BCUT2D eigenvalue weighted by Crippen LogP contribution is -2.53. The quantitative estimate of drug-likeness (QED) is 0.745. The number of pyridine rings is 1. The van der Waals surface area contributed by atoms with Crippen LogP contribution in [0.4, 0.5) is 4.39 Å². The molecule has 0 saturated carbocycles. The van der Waals surface area contributed by atoms with Crippen molar-refractivity contribution in [1.29, 1.82) is 0 Å². The Morgan fingerprint density at radius 1 is 1.56 bits per heavy atom. The zero-order chi connectivity index (χ0) is 13.1. The number of carbonyl (C=O) groups excluding carboxylic acids is 1. The molecular weight excluding hydrogens is 233 g/mol. The largest absolute Gasteiger partial charge is 0.336 e. The van der Waals surface area contributed by atoms with Gasteiger partial charge in [-0.05, 0) is 19.5 Å². The summed E-state index contributed by atoms with van der Waals surface area (Å²) >= 11 is 0. The smallest absolute Gasteiger partial charge is 0.254 e. The van der Waals surface area contributed by atoms with E-state index in [0.717, 1.165) is 13.1 Å². The summed E-state index contributed by atoms with van der Waals surface area (Å²) in [6.07, 6.45) is 1.33. The van der Waals surface area contributed by atoms with Crippen molar-refractivity contribution in [1.82, 2.24) is 14.8 Å². The summed E-state index contributed by atoms with van der Waals surface area (Å²) in [5.74, 6) is -0.722. The normalized spacial score (nSPS) is 21.1. The van der Waals surface area contributed by atoms with Gasteiger partial charge in [-0.1, -0.05) is 6.92 Å². The van der Waals surface area contributed by atoms with Gasteiger partial charge in [-0.3, -0.25) is 9.69 Å². The van der Waals surface area contributed by atoms with Crippen LogP contribution < -0.4 is 0 Å². The Morgan fingerprint density at radius 3 is 2.94 bits per heavy atom. The molecule has 1 aliphatic heterocycles. The number of rotatable bonds is 2. The molecule has 18 heavy (non-hydrogen) atoms. The Morgan fingerprint density at radius 2 is 2.33 bits per heavy atom. The van der Waals surface area contributed by atoms with Gasteiger partial charge in [0.15, 0.2) is 0 Å². The molecule has 0 aliphatic carbocycles. The minimum absolute atomic E-state index is 0.112. The fourth-order valence-electron chi connectivity index (χ4n) is 2.37. The van der Waals surface area contributed by atoms with Crippen molar-refractivity contribution in [2.24, 2.45) is 0 Å². The van der Waals surface area contributed by atoms with Crippen molar-refractivity contribution >= 4 is 5.91 Å². The van der Waals surface area contributed by atoms with E-state index in [9.17, 15) is 9.18 Å². The van der Waals surface area contributed by atoms with Crippen LogP contribution in [0.15, 0.2) is 18.3 Å². The molecule has 0 spiro atoms. The summed E-state index contributed by atoms with van der Waals surface area (Å²) in [4.78, 5) is 19.8. The van der Waals surface area contributed by atoms with Crippen LogP contribution in [-0.4, -0.2) is 52.9 Å². The van der Waals surface area contributed by atoms with Gasteiger partial charge in [0.1, 0.15) is 0 Å². The number of aromatic nitrogens is 1. The van der Waals surface area contributed by atoms with Crippen LogP contribution >= 0.6 is 0 Å². The van der Waals surface area contributed by atoms with Crippen LogP contribution in [0.5, 0.6) is 0 Å². The lowest BCUT2D eigenvalue weighted by atomic mass is 10.1. The van der Waals surface area contributed by atoms with Gasteiger partial charge in [0, 0.05) is 43.5 Å². The highest BCUT2D eigenvalue weighted by Gasteiger charge is 2.26. The number of carbonyl (C=O) groups is 1. The second-order valence-electron chi connectivity index (χ2n) is 4.60. The van der Waals surface area contributed by atoms with Gasteiger partial charge in [-0.15, -0.1) is 0 Å². The molecule has 1 aromatic heterocycles. The van der Waals surface area contributed by atoms with Crippen LogP contribution in [0.3, 0.4) is 0 Å². The van der Waals surface area contributed by atoms with Crippen molar-refractivity contribution in [3.63, 3.8) is 0 Å². The number of hydrogen-bond acceptors (Lipinski definition) is 3. The van der Waals surface area contributed by atoms with Gasteiger partial charge >= 0.3 is 0 Å². The van der Waals surface area contributed by atoms with Gasteiger partial charge < -0.3 is 4.90 Å². The maximum absolute atomic E-state index is 13.0. The molecule has 1 unspecified atom stereocenters. The zero-order valence-electron chi connectivity index (χ0n) is 10.8. The molecule has 1 saturated heterocycles. The molecule has 0 aromatic carbocycles. The molecule has 2 heterocycles. The molecule has 1 aromatic rings. The minimum Gasteiger partial charge on any atom is -0.336 e. The molecule has 5 heteroatoms. The predicted molar refractivity (Wildman–Crippen MR) is 66.8 cm³/mol. The Kier molecular flexibility index (Phi) is 3.91. The Bertz CT molecular complexity index is 438. The van der Waals surface area contributed by atoms with Crippen LogP contribution in [0.1, 0.15) is 24.2 Å². The van der Waals surface area contributed by atoms with E-state index in [4.69, 9.17) is 0 Å². The molecule has 0 bridgehead atoms. The summed E-state index contributed by atoms with van der Waals surface area (Å²) in [5, 5.41) is 0. The summed E-state index contributed by atoms with van der Waals surface area (Å²) < 4.78 is 13.0. The first-order valence-electron chi connectivity index (χ1n) is 6.26. The van der Waals surface area contributed by atoms with E-state index in [1.807, 2.05) is 0 Å². The van der Waals surface area contributed by atoms with E-state index in [0.29, 0.717) is 24.7 Å². The van der Waals surface area contributed by atoms with E-state index in [2.05, 4.69) is 23.7 Å². The second kappa shape index (κ2) is 5.44. The van der Waals surface area contributed by atoms with Crippen LogP contribution in [-0.2, 0) is 0 Å². The Hall–Kier alpha value is -1.49. The summed E-state index contributed by atoms with van der Waals surface area (Å²) in [6.45, 7) is 7.48. The maximum atomic E-state index is 13.0. The maximum Gasteiger partial charge on any atom is 0.254 e. The molecule has 2 rings (SSSR count). The second-order valence-corrected chi connectivity index (χ2v) is 4.60. The fraction of sp³-hybridized carbons (Fsp3) is 0.538. The Balaban J connectivity index is 2.07. The standard InChI is InChI=1S/C13H18FN3O/c1-3-16-6-7-17(9-10(16)2)13(18)11-4-5-15-12(14)8-11/h4-5,8,10H,3,6-7,9H2,1-2H3. The first-order chi connectivity index (χ1) is 8.61. The first-order valence-corrected chi connectivity index (χ1v) is 6.26. The number of halogens is 1. The third-order valence-electron chi connectivity index (χ3n) is 3.43. The first kappa shape index (κ1) is 13.0. The average Bonchev–Trinajstić information content (AvgIpc) is 2.37. The highest BCUT2D eigenvalue weighted by molar-refractivity contribution is 5.94. The molecular formula is C13H18FN3O. The van der Waals surface area contributed by atoms with E-state index in [1.54, 1.807) is 11.0 Å². The molecule has 1 aliphatic rings. The zero-order valence-corrected chi connectivity index (χ0v) is 10.8. The molecule has 0 N–H and O–H groups in total. The van der Waals surface area contributed by atoms with Gasteiger partial charge in [0.05, 0.1) is 0 Å². The molecule has 0 radical (unpaired) electrons. The third kappa shape index (κ3) is 2.67. The topological polar surface area (TPSA) is 36.4 Å². The van der Waals surface area contributed by atoms with Gasteiger partial charge in [-0.2, -0.15) is 4.39 Å². The SMILES string of the molecule is CCN1CCN(C(=O)c2ccnc(F)c2)CC1C. The van der Waals surface area contributed by atoms with E-state index >= 15 is 0 Å². The average molecular weight is 251 g/mol. The Labute approximate surface area is 106 Å². The summed E-state index contributed by atoms with van der Waals surface area (Å²) in [6, 6.07) is 3.10. The van der Waals surface area contributed by atoms with Crippen molar-refractivity contribution in [2.75, 3.05) is 26.2 Å². The number of nitrogens with zero attached hydrogens (tertiary/aromatic N) is 3. The van der Waals surface area contributed by atoms with Crippen LogP contribution in [0.2, 0.25) is 0 Å². The minimum atomic E-state index is -0.610. The number of hydrogen-bond donors (Lipinski definition) is 0. The predicted octanol–water partition coefficient (Wildman–Crippen LogP) is 1.39. The van der Waals surface area contributed by atoms with Crippen LogP contribution in [0.25, 0.3) is 0 Å². The van der Waals surface area contributed by atoms with Gasteiger partial charge in [-0.25, -0.2) is 4.98 Å². The molecule has 1 atom stereocenters. The van der Waals surface area contributed by atoms with E-state index in [1.165, 1.54) is 12.3 Å². The van der Waals surface area contributed by atoms with Crippen molar-refractivity contribution in [3.05, 3.63) is 29.8 Å². The molecule has 4 nitrogen and oxygen atoms in total. The highest BCUT2D eigenvalue weighted by atomic mass is 19.1. The van der Waals surface area contributed by atoms with Crippen LogP contribution in [0, 0.1) is 5.95 Å². The molecule has 1 fully saturated rings. The van der Waals surface area contributed by atoms with Crippen molar-refractivity contribution < 1.29 is 9.18 Å². The monoisotopic (exact) mass is 251 g/mol. The lowest BCUT2D eigenvalue weighted by Gasteiger charge is -2.39.